The summed E-state index contributed by atoms with van der Waals surface area (Å²) in [4.78, 5) is 31.5. The molecule has 4 nitrogen and oxygen atoms in total. The van der Waals surface area contributed by atoms with Gasteiger partial charge < -0.3 is 4.42 Å². The lowest BCUT2D eigenvalue weighted by molar-refractivity contribution is 0.0990. The number of ketones is 2. The van der Waals surface area contributed by atoms with Crippen molar-refractivity contribution in [3.05, 3.63) is 78.1 Å². The van der Waals surface area contributed by atoms with Crippen LogP contribution in [-0.2, 0) is 0 Å². The number of aromatic nitrogens is 1. The second-order valence-electron chi connectivity index (χ2n) is 6.43. The van der Waals surface area contributed by atoms with Crippen LogP contribution in [0.25, 0.3) is 27.9 Å². The molecule has 0 saturated carbocycles. The Kier molecular flexibility index (Phi) is 4.76. The molecule has 30 heavy (non-hydrogen) atoms. The summed E-state index contributed by atoms with van der Waals surface area (Å²) >= 11 is 25.7. The van der Waals surface area contributed by atoms with Gasteiger partial charge in [-0.3, -0.25) is 9.59 Å². The van der Waals surface area contributed by atoms with Crippen molar-refractivity contribution in [3.8, 4) is 11.5 Å². The molecule has 0 saturated heterocycles. The van der Waals surface area contributed by atoms with Crippen LogP contribution >= 0.6 is 57.7 Å². The third-order valence-electron chi connectivity index (χ3n) is 4.63. The molecule has 0 atom stereocenters. The first kappa shape index (κ1) is 19.8. The molecule has 0 spiro atoms. The van der Waals surface area contributed by atoms with Gasteiger partial charge in [0.15, 0.2) is 22.0 Å². The number of oxazole rings is 1. The molecule has 2 heterocycles. The van der Waals surface area contributed by atoms with E-state index in [1.807, 2.05) is 30.3 Å². The van der Waals surface area contributed by atoms with Crippen molar-refractivity contribution in [3.63, 3.8) is 0 Å². The molecule has 9 heteroatoms. The zero-order valence-electron chi connectivity index (χ0n) is 14.6. The number of allylic oxidation sites excluding steroid dienone is 1. The third-order valence-corrected chi connectivity index (χ3v) is 7.39. The van der Waals surface area contributed by atoms with E-state index in [1.165, 1.54) is 17.4 Å². The summed E-state index contributed by atoms with van der Waals surface area (Å²) in [6, 6.07) is 11.2. The molecule has 2 aromatic heterocycles. The van der Waals surface area contributed by atoms with E-state index in [1.54, 1.807) is 6.07 Å². The van der Waals surface area contributed by atoms with Gasteiger partial charge in [-0.05, 0) is 18.2 Å². The number of Topliss-reactive ketones (excluding diaryl/α,β-unsaturated/α-hetero) is 2. The maximum atomic E-state index is 12.9. The van der Waals surface area contributed by atoms with E-state index in [-0.39, 0.29) is 36.8 Å². The average molecular weight is 495 g/mol. The van der Waals surface area contributed by atoms with Crippen molar-refractivity contribution in [1.82, 2.24) is 4.98 Å². The normalized spacial score (nSPS) is 13.4. The van der Waals surface area contributed by atoms with Crippen LogP contribution in [-0.4, -0.2) is 16.6 Å². The summed E-state index contributed by atoms with van der Waals surface area (Å²) in [5.74, 6) is -0.605. The smallest absolute Gasteiger partial charge is 0.228 e. The fourth-order valence-electron chi connectivity index (χ4n) is 3.23. The lowest BCUT2D eigenvalue weighted by Gasteiger charge is -2.07. The minimum absolute atomic E-state index is 0.0305. The molecule has 4 aromatic rings. The summed E-state index contributed by atoms with van der Waals surface area (Å²) in [6.45, 7) is 0. The van der Waals surface area contributed by atoms with Gasteiger partial charge in [0.25, 0.3) is 0 Å². The predicted octanol–water partition coefficient (Wildman–Crippen LogP) is 7.63. The fourth-order valence-corrected chi connectivity index (χ4v) is 5.15. The van der Waals surface area contributed by atoms with Crippen LogP contribution < -0.4 is 0 Å². The first-order chi connectivity index (χ1) is 14.4. The number of hydrogen-bond acceptors (Lipinski definition) is 5. The quantitative estimate of drug-likeness (QED) is 0.124. The highest BCUT2D eigenvalue weighted by atomic mass is 35.5. The Morgan fingerprint density at radius 3 is 2.03 bits per heavy atom. The van der Waals surface area contributed by atoms with Crippen LogP contribution in [0.2, 0.25) is 20.1 Å². The van der Waals surface area contributed by atoms with E-state index in [0.717, 1.165) is 5.56 Å². The largest absolute Gasteiger partial charge is 0.435 e. The van der Waals surface area contributed by atoms with Crippen LogP contribution in [0, 0.1) is 0 Å². The monoisotopic (exact) mass is 493 g/mol. The summed E-state index contributed by atoms with van der Waals surface area (Å²) in [6.07, 6.45) is 1.48. The number of rotatable bonds is 2. The molecule has 148 valence electrons. The zero-order valence-corrected chi connectivity index (χ0v) is 18.5. The third kappa shape index (κ3) is 2.93. The maximum Gasteiger partial charge on any atom is 0.228 e. The lowest BCUT2D eigenvalue weighted by atomic mass is 10.1. The van der Waals surface area contributed by atoms with Crippen LogP contribution in [0.4, 0.5) is 0 Å². The molecular formula is C21H7Cl4NO3S. The van der Waals surface area contributed by atoms with Crippen molar-refractivity contribution in [2.24, 2.45) is 0 Å². The fraction of sp³-hybridized carbons (Fsp3) is 0. The maximum absolute atomic E-state index is 12.9. The molecule has 2 aromatic carbocycles. The van der Waals surface area contributed by atoms with Gasteiger partial charge in [0.1, 0.15) is 0 Å². The Balaban J connectivity index is 1.57. The van der Waals surface area contributed by atoms with Gasteiger partial charge in [0, 0.05) is 16.5 Å². The Hall–Kier alpha value is -2.15. The highest BCUT2D eigenvalue weighted by Crippen LogP contribution is 2.46. The molecule has 0 aliphatic heterocycles. The molecule has 1 aliphatic carbocycles. The Labute approximate surface area is 193 Å². The van der Waals surface area contributed by atoms with Crippen LogP contribution in [0.5, 0.6) is 0 Å². The van der Waals surface area contributed by atoms with Crippen molar-refractivity contribution in [2.45, 2.75) is 0 Å². The predicted molar refractivity (Wildman–Crippen MR) is 120 cm³/mol. The van der Waals surface area contributed by atoms with Gasteiger partial charge in [-0.25, -0.2) is 0 Å². The number of fused-ring (bicyclic) bond motifs is 2. The SMILES string of the molecule is O=C1C(=Cc2cc3oc(-c4ccccc4)nc3s2)C(=O)c2c(Cl)c(Cl)c(Cl)c(Cl)c21. The second kappa shape index (κ2) is 7.22. The van der Waals surface area contributed by atoms with Crippen molar-refractivity contribution in [2.75, 3.05) is 0 Å². The van der Waals surface area contributed by atoms with E-state index < -0.39 is 11.6 Å². The van der Waals surface area contributed by atoms with E-state index in [0.29, 0.717) is 21.2 Å². The van der Waals surface area contributed by atoms with E-state index >= 15 is 0 Å². The summed E-state index contributed by atoms with van der Waals surface area (Å²) in [5.41, 5.74) is 1.28. The highest BCUT2D eigenvalue weighted by Gasteiger charge is 2.39. The number of nitrogens with zero attached hydrogens (tertiary/aromatic N) is 1. The van der Waals surface area contributed by atoms with Crippen LogP contribution in [0.15, 0.2) is 46.4 Å². The van der Waals surface area contributed by atoms with Gasteiger partial charge in [-0.1, -0.05) is 64.6 Å². The van der Waals surface area contributed by atoms with E-state index in [9.17, 15) is 9.59 Å². The van der Waals surface area contributed by atoms with Gasteiger partial charge in [0.2, 0.25) is 5.89 Å². The molecule has 5 rings (SSSR count). The minimum atomic E-state index is -0.552. The molecule has 0 radical (unpaired) electrons. The second-order valence-corrected chi connectivity index (χ2v) is 9.00. The topological polar surface area (TPSA) is 60.2 Å². The number of hydrogen-bond donors (Lipinski definition) is 0. The number of carbonyl (C=O) groups is 2. The first-order valence-electron chi connectivity index (χ1n) is 8.49. The standard InChI is InChI=1S/C21H7Cl4NO3S/c22-14-12-13(15(23)17(25)16(14)24)19(28)10(18(12)27)6-9-7-11-21(30-9)26-20(29-11)8-4-2-1-3-5-8/h1-7H. The molecule has 0 amide bonds. The molecule has 1 aliphatic rings. The molecule has 0 N–H and O–H groups in total. The number of halogens is 4. The van der Waals surface area contributed by atoms with Crippen molar-refractivity contribution >= 4 is 85.8 Å². The average Bonchev–Trinajstić information content (AvgIpc) is 3.38. The zero-order chi connectivity index (χ0) is 21.2. The van der Waals surface area contributed by atoms with Crippen LogP contribution in [0.3, 0.4) is 0 Å². The molecule has 0 bridgehead atoms. The molecular weight excluding hydrogens is 488 g/mol. The lowest BCUT2D eigenvalue weighted by Crippen LogP contribution is -2.00. The molecule has 0 fully saturated rings. The Morgan fingerprint density at radius 1 is 0.867 bits per heavy atom. The number of benzene rings is 2. The van der Waals surface area contributed by atoms with Gasteiger partial charge in [-0.15, -0.1) is 11.3 Å². The number of carbonyl (C=O) groups excluding carboxylic acids is 2. The molecule has 0 unspecified atom stereocenters. The van der Waals surface area contributed by atoms with Crippen molar-refractivity contribution in [1.29, 1.82) is 0 Å². The van der Waals surface area contributed by atoms with Crippen molar-refractivity contribution < 1.29 is 14.0 Å². The van der Waals surface area contributed by atoms with Gasteiger partial charge >= 0.3 is 0 Å². The van der Waals surface area contributed by atoms with Gasteiger partial charge in [-0.2, -0.15) is 4.98 Å². The number of thiophene rings is 1. The van der Waals surface area contributed by atoms with Crippen LogP contribution in [0.1, 0.15) is 25.6 Å². The summed E-state index contributed by atoms with van der Waals surface area (Å²) in [7, 11) is 0. The summed E-state index contributed by atoms with van der Waals surface area (Å²) in [5, 5.41) is -0.291. The van der Waals surface area contributed by atoms with Gasteiger partial charge in [0.05, 0.1) is 36.8 Å². The van der Waals surface area contributed by atoms with E-state index in [4.69, 9.17) is 50.8 Å². The Bertz CT molecular complexity index is 1340. The highest BCUT2D eigenvalue weighted by molar-refractivity contribution is 7.19. The first-order valence-corrected chi connectivity index (χ1v) is 10.8. The minimum Gasteiger partial charge on any atom is -0.435 e. The van der Waals surface area contributed by atoms with E-state index in [2.05, 4.69) is 4.98 Å². The summed E-state index contributed by atoms with van der Waals surface area (Å²) < 4.78 is 5.81. The Morgan fingerprint density at radius 2 is 1.47 bits per heavy atom.